The largest absolute Gasteiger partial charge is 0.495 e. The van der Waals surface area contributed by atoms with Crippen molar-refractivity contribution in [2.75, 3.05) is 38.3 Å². The van der Waals surface area contributed by atoms with Crippen LogP contribution in [0, 0.1) is 13.8 Å². The molecule has 166 valence electrons. The molecule has 0 radical (unpaired) electrons. The van der Waals surface area contributed by atoms with E-state index in [2.05, 4.69) is 54.5 Å². The van der Waals surface area contributed by atoms with Gasteiger partial charge in [-0.05, 0) is 68.0 Å². The number of hydrogen-bond acceptors (Lipinski definition) is 4. The monoisotopic (exact) mass is 440 g/mol. The minimum atomic E-state index is 0.479. The van der Waals surface area contributed by atoms with Crippen molar-refractivity contribution in [2.24, 2.45) is 0 Å². The first-order valence-electron chi connectivity index (χ1n) is 11.2. The smallest absolute Gasteiger partial charge is 0.139 e. The maximum Gasteiger partial charge on any atom is 0.139 e. The van der Waals surface area contributed by atoms with Crippen molar-refractivity contribution in [1.29, 1.82) is 0 Å². The third kappa shape index (κ3) is 4.42. The molecule has 2 fully saturated rings. The molecule has 2 aliphatic rings. The number of benzene rings is 2. The Balaban J connectivity index is 1.53. The van der Waals surface area contributed by atoms with Gasteiger partial charge in [0.2, 0.25) is 0 Å². The third-order valence-electron chi connectivity index (χ3n) is 6.94. The van der Waals surface area contributed by atoms with Crippen LogP contribution in [-0.4, -0.2) is 44.3 Å². The highest BCUT2D eigenvalue weighted by Crippen LogP contribution is 2.40. The van der Waals surface area contributed by atoms with Crippen molar-refractivity contribution in [1.82, 2.24) is 4.90 Å². The number of methoxy groups -OCH3 is 1. The fourth-order valence-electron chi connectivity index (χ4n) is 5.15. The predicted octanol–water partition coefficient (Wildman–Crippen LogP) is 5.95. The lowest BCUT2D eigenvalue weighted by Crippen LogP contribution is -2.56. The molecule has 2 saturated heterocycles. The van der Waals surface area contributed by atoms with Gasteiger partial charge in [0.05, 0.1) is 12.1 Å². The number of ether oxygens (including phenoxy) is 2. The molecule has 2 aromatic carbocycles. The molecule has 4 nitrogen and oxygen atoms in total. The Morgan fingerprint density at radius 2 is 1.94 bits per heavy atom. The van der Waals surface area contributed by atoms with Crippen LogP contribution in [0.1, 0.15) is 42.0 Å². The van der Waals surface area contributed by atoms with Gasteiger partial charge in [0, 0.05) is 43.5 Å². The van der Waals surface area contributed by atoms with Crippen molar-refractivity contribution >= 4 is 17.3 Å². The van der Waals surface area contributed by atoms with Crippen LogP contribution < -0.4 is 14.4 Å². The summed E-state index contributed by atoms with van der Waals surface area (Å²) in [7, 11) is 1.67. The van der Waals surface area contributed by atoms with Crippen LogP contribution >= 0.6 is 11.6 Å². The van der Waals surface area contributed by atoms with E-state index in [4.69, 9.17) is 21.1 Å². The molecule has 31 heavy (non-hydrogen) atoms. The zero-order valence-electron chi connectivity index (χ0n) is 18.9. The second-order valence-corrected chi connectivity index (χ2v) is 9.01. The summed E-state index contributed by atoms with van der Waals surface area (Å²) >= 11 is 6.23. The van der Waals surface area contributed by atoms with E-state index in [-0.39, 0.29) is 0 Å². The zero-order chi connectivity index (χ0) is 22.0. The van der Waals surface area contributed by atoms with Gasteiger partial charge in [-0.15, -0.1) is 0 Å². The van der Waals surface area contributed by atoms with E-state index in [1.807, 2.05) is 6.07 Å². The van der Waals surface area contributed by atoms with Gasteiger partial charge in [-0.1, -0.05) is 30.3 Å². The number of piperazine rings is 1. The lowest BCUT2D eigenvalue weighted by Gasteiger charge is -2.49. The van der Waals surface area contributed by atoms with Crippen molar-refractivity contribution in [3.05, 3.63) is 64.7 Å². The summed E-state index contributed by atoms with van der Waals surface area (Å²) < 4.78 is 11.3. The van der Waals surface area contributed by atoms with Crippen LogP contribution in [0.5, 0.6) is 11.5 Å². The van der Waals surface area contributed by atoms with E-state index >= 15 is 0 Å². The highest BCUT2D eigenvalue weighted by molar-refractivity contribution is 6.32. The van der Waals surface area contributed by atoms with E-state index in [1.54, 1.807) is 13.2 Å². The Labute approximate surface area is 191 Å². The van der Waals surface area contributed by atoms with Gasteiger partial charge in [-0.2, -0.15) is 0 Å². The summed E-state index contributed by atoms with van der Waals surface area (Å²) in [6, 6.07) is 11.6. The molecule has 0 saturated carbocycles. The van der Waals surface area contributed by atoms with Crippen LogP contribution in [0.3, 0.4) is 0 Å². The van der Waals surface area contributed by atoms with E-state index in [9.17, 15) is 0 Å². The SMILES string of the molecule is C=CCOc1ccc(C2CCCC3CN(c4ccc(Cl)c(OC)c4)CCN32)c(C)c1C. The van der Waals surface area contributed by atoms with Gasteiger partial charge in [0.1, 0.15) is 18.1 Å². The van der Waals surface area contributed by atoms with Crippen molar-refractivity contribution in [3.8, 4) is 11.5 Å². The average Bonchev–Trinajstić information content (AvgIpc) is 2.80. The Morgan fingerprint density at radius 1 is 1.10 bits per heavy atom. The van der Waals surface area contributed by atoms with E-state index in [0.717, 1.165) is 31.1 Å². The molecular formula is C26H33ClN2O2. The summed E-state index contributed by atoms with van der Waals surface area (Å²) in [4.78, 5) is 5.21. The first kappa shape index (κ1) is 22.0. The van der Waals surface area contributed by atoms with Gasteiger partial charge >= 0.3 is 0 Å². The van der Waals surface area contributed by atoms with Crippen molar-refractivity contribution < 1.29 is 9.47 Å². The molecule has 4 rings (SSSR count). The fraction of sp³-hybridized carbons (Fsp3) is 0.462. The minimum Gasteiger partial charge on any atom is -0.495 e. The molecule has 2 aliphatic heterocycles. The molecule has 0 bridgehead atoms. The van der Waals surface area contributed by atoms with Crippen LogP contribution in [0.25, 0.3) is 0 Å². The van der Waals surface area contributed by atoms with E-state index in [0.29, 0.717) is 23.7 Å². The third-order valence-corrected chi connectivity index (χ3v) is 7.25. The Bertz CT molecular complexity index is 945. The normalized spacial score (nSPS) is 21.5. The Morgan fingerprint density at radius 3 is 2.71 bits per heavy atom. The number of anilines is 1. The Hall–Kier alpha value is -2.17. The van der Waals surface area contributed by atoms with E-state index in [1.165, 1.54) is 41.6 Å². The van der Waals surface area contributed by atoms with Gasteiger partial charge in [-0.3, -0.25) is 4.90 Å². The van der Waals surface area contributed by atoms with Crippen LogP contribution in [0.15, 0.2) is 43.0 Å². The highest BCUT2D eigenvalue weighted by atomic mass is 35.5. The summed E-state index contributed by atoms with van der Waals surface area (Å²) in [6.07, 6.45) is 5.52. The average molecular weight is 441 g/mol. The number of piperidine rings is 1. The lowest BCUT2D eigenvalue weighted by molar-refractivity contribution is 0.0712. The van der Waals surface area contributed by atoms with Crippen molar-refractivity contribution in [2.45, 2.75) is 45.2 Å². The molecule has 0 N–H and O–H groups in total. The molecule has 0 aromatic heterocycles. The number of hydrogen-bond donors (Lipinski definition) is 0. The summed E-state index contributed by atoms with van der Waals surface area (Å²) in [6.45, 7) is 11.8. The summed E-state index contributed by atoms with van der Waals surface area (Å²) in [5.74, 6) is 1.71. The second-order valence-electron chi connectivity index (χ2n) is 8.61. The zero-order valence-corrected chi connectivity index (χ0v) is 19.6. The Kier molecular flexibility index (Phi) is 6.78. The molecule has 5 heteroatoms. The molecule has 2 unspecified atom stereocenters. The van der Waals surface area contributed by atoms with Crippen molar-refractivity contribution in [3.63, 3.8) is 0 Å². The topological polar surface area (TPSA) is 24.9 Å². The number of rotatable bonds is 6. The highest BCUT2D eigenvalue weighted by Gasteiger charge is 2.36. The maximum absolute atomic E-state index is 6.23. The van der Waals surface area contributed by atoms with Crippen LogP contribution in [0.2, 0.25) is 5.02 Å². The molecule has 2 aromatic rings. The first-order chi connectivity index (χ1) is 15.0. The molecule has 0 aliphatic carbocycles. The summed E-state index contributed by atoms with van der Waals surface area (Å²) in [5, 5.41) is 0.661. The maximum atomic E-state index is 6.23. The quantitative estimate of drug-likeness (QED) is 0.518. The summed E-state index contributed by atoms with van der Waals surface area (Å²) in [5.41, 5.74) is 5.25. The predicted molar refractivity (Wildman–Crippen MR) is 129 cm³/mol. The molecule has 0 spiro atoms. The van der Waals surface area contributed by atoms with Gasteiger partial charge in [-0.25, -0.2) is 0 Å². The second kappa shape index (κ2) is 9.54. The fourth-order valence-corrected chi connectivity index (χ4v) is 5.34. The molecule has 2 atom stereocenters. The minimum absolute atomic E-state index is 0.479. The first-order valence-corrected chi connectivity index (χ1v) is 11.6. The van der Waals surface area contributed by atoms with Gasteiger partial charge in [0.15, 0.2) is 0 Å². The standard InChI is InChI=1S/C26H33ClN2O2/c1-5-15-31-25-12-10-22(18(2)19(25)3)24-8-6-7-21-17-28(13-14-29(21)24)20-9-11-23(27)26(16-20)30-4/h5,9-12,16,21,24H,1,6-8,13-15,17H2,2-4H3. The number of nitrogens with zero attached hydrogens (tertiary/aromatic N) is 2. The van der Waals surface area contributed by atoms with Gasteiger partial charge < -0.3 is 14.4 Å². The lowest BCUT2D eigenvalue weighted by atomic mass is 9.86. The number of fused-ring (bicyclic) bond motifs is 1. The number of halogens is 1. The van der Waals surface area contributed by atoms with Crippen LogP contribution in [0.4, 0.5) is 5.69 Å². The van der Waals surface area contributed by atoms with Crippen LogP contribution in [-0.2, 0) is 0 Å². The molecular weight excluding hydrogens is 408 g/mol. The molecule has 0 amide bonds. The van der Waals surface area contributed by atoms with Gasteiger partial charge in [0.25, 0.3) is 0 Å². The molecule has 2 heterocycles. The van der Waals surface area contributed by atoms with E-state index < -0.39 is 0 Å².